The zero-order valence-corrected chi connectivity index (χ0v) is 7.86. The molecule has 6 heteroatoms. The summed E-state index contributed by atoms with van der Waals surface area (Å²) >= 11 is 0. The molecule has 0 radical (unpaired) electrons. The van der Waals surface area contributed by atoms with Crippen LogP contribution >= 0.6 is 0 Å². The Labute approximate surface area is 80.9 Å². The number of nitrogens with zero attached hydrogens (tertiary/aromatic N) is 1. The van der Waals surface area contributed by atoms with Gasteiger partial charge in [0.15, 0.2) is 5.57 Å². The summed E-state index contributed by atoms with van der Waals surface area (Å²) in [6.45, 7) is 0. The lowest BCUT2D eigenvalue weighted by atomic mass is 10.2. The average molecular weight is 198 g/mol. The largest absolute Gasteiger partial charge is 0.469 e. The van der Waals surface area contributed by atoms with Crippen LogP contribution in [-0.2, 0) is 19.1 Å². The van der Waals surface area contributed by atoms with E-state index < -0.39 is 11.9 Å². The first-order chi connectivity index (χ1) is 6.56. The highest BCUT2D eigenvalue weighted by Crippen LogP contribution is 2.05. The zero-order valence-electron chi connectivity index (χ0n) is 7.86. The Balaban J connectivity index is 4.78. The molecule has 76 valence electrons. The lowest BCUT2D eigenvalue weighted by Gasteiger charge is -2.02. The molecule has 2 N–H and O–H groups in total. The van der Waals surface area contributed by atoms with Gasteiger partial charge in [-0.3, -0.25) is 4.79 Å². The second-order valence-corrected chi connectivity index (χ2v) is 2.26. The predicted molar refractivity (Wildman–Crippen MR) is 45.5 cm³/mol. The minimum Gasteiger partial charge on any atom is -0.469 e. The Kier molecular flexibility index (Phi) is 4.78. The molecule has 0 amide bonds. The van der Waals surface area contributed by atoms with E-state index in [-0.39, 0.29) is 17.7 Å². The third-order valence-corrected chi connectivity index (χ3v) is 1.38. The zero-order chi connectivity index (χ0) is 11.1. The van der Waals surface area contributed by atoms with Crippen molar-refractivity contribution in [2.75, 3.05) is 14.2 Å². The maximum atomic E-state index is 10.9. The number of nitriles is 1. The number of carbonyl (C=O) groups is 2. The predicted octanol–water partition coefficient (Wildman–Crippen LogP) is -0.541. The number of hydrogen-bond acceptors (Lipinski definition) is 6. The van der Waals surface area contributed by atoms with E-state index >= 15 is 0 Å². The monoisotopic (exact) mass is 198 g/mol. The Morgan fingerprint density at radius 1 is 1.36 bits per heavy atom. The third-order valence-electron chi connectivity index (χ3n) is 1.38. The molecular weight excluding hydrogens is 188 g/mol. The molecule has 0 heterocycles. The number of methoxy groups -OCH3 is 2. The summed E-state index contributed by atoms with van der Waals surface area (Å²) in [6.07, 6.45) is -0.311. The van der Waals surface area contributed by atoms with E-state index in [2.05, 4.69) is 9.47 Å². The number of carbonyl (C=O) groups excluding carboxylic acids is 2. The highest BCUT2D eigenvalue weighted by Gasteiger charge is 2.15. The molecular formula is C8H10N2O4. The highest BCUT2D eigenvalue weighted by atomic mass is 16.5. The quantitative estimate of drug-likeness (QED) is 0.371. The summed E-state index contributed by atoms with van der Waals surface area (Å²) in [4.78, 5) is 21.7. The second kappa shape index (κ2) is 5.59. The van der Waals surface area contributed by atoms with Crippen LogP contribution in [0.1, 0.15) is 6.42 Å². The van der Waals surface area contributed by atoms with Gasteiger partial charge in [-0.05, 0) is 0 Å². The third kappa shape index (κ3) is 3.15. The smallest absolute Gasteiger partial charge is 0.350 e. The Bertz CT molecular complexity index is 314. The maximum absolute atomic E-state index is 10.9. The van der Waals surface area contributed by atoms with Gasteiger partial charge in [0.1, 0.15) is 6.07 Å². The Morgan fingerprint density at radius 2 is 1.93 bits per heavy atom. The van der Waals surface area contributed by atoms with Crippen molar-refractivity contribution in [3.05, 3.63) is 11.3 Å². The molecule has 14 heavy (non-hydrogen) atoms. The molecule has 0 aliphatic heterocycles. The minimum atomic E-state index is -0.867. The van der Waals surface area contributed by atoms with Crippen molar-refractivity contribution >= 4 is 11.9 Å². The summed E-state index contributed by atoms with van der Waals surface area (Å²) in [7, 11) is 2.30. The molecule has 0 aliphatic rings. The van der Waals surface area contributed by atoms with Gasteiger partial charge in [0.05, 0.1) is 20.6 Å². The van der Waals surface area contributed by atoms with Gasteiger partial charge in [-0.1, -0.05) is 0 Å². The van der Waals surface area contributed by atoms with Crippen LogP contribution in [0.5, 0.6) is 0 Å². The first-order valence-electron chi connectivity index (χ1n) is 3.60. The van der Waals surface area contributed by atoms with Crippen LogP contribution in [-0.4, -0.2) is 26.2 Å². The summed E-state index contributed by atoms with van der Waals surface area (Å²) in [5.41, 5.74) is 4.80. The molecule has 0 aliphatic carbocycles. The van der Waals surface area contributed by atoms with Gasteiger partial charge in [-0.25, -0.2) is 4.79 Å². The van der Waals surface area contributed by atoms with Gasteiger partial charge >= 0.3 is 11.9 Å². The van der Waals surface area contributed by atoms with Crippen LogP contribution in [0.4, 0.5) is 0 Å². The van der Waals surface area contributed by atoms with E-state index in [1.54, 1.807) is 6.07 Å². The molecule has 0 bridgehead atoms. The van der Waals surface area contributed by atoms with E-state index in [0.29, 0.717) is 0 Å². The fourth-order valence-corrected chi connectivity index (χ4v) is 0.667. The van der Waals surface area contributed by atoms with Crippen LogP contribution in [0.2, 0.25) is 0 Å². The average Bonchev–Trinajstić information content (AvgIpc) is 2.18. The van der Waals surface area contributed by atoms with Crippen molar-refractivity contribution in [2.24, 2.45) is 5.73 Å². The van der Waals surface area contributed by atoms with Crippen molar-refractivity contribution in [2.45, 2.75) is 6.42 Å². The van der Waals surface area contributed by atoms with E-state index in [1.807, 2.05) is 0 Å². The Hall–Kier alpha value is -2.03. The van der Waals surface area contributed by atoms with Crippen LogP contribution in [0.3, 0.4) is 0 Å². The molecule has 0 atom stereocenters. The van der Waals surface area contributed by atoms with E-state index in [0.717, 1.165) is 7.11 Å². The number of hydrogen-bond donors (Lipinski definition) is 1. The van der Waals surface area contributed by atoms with E-state index in [9.17, 15) is 9.59 Å². The molecule has 0 fully saturated rings. The molecule has 0 saturated heterocycles. The topological polar surface area (TPSA) is 102 Å². The number of ether oxygens (including phenoxy) is 2. The summed E-state index contributed by atoms with van der Waals surface area (Å²) in [5, 5.41) is 8.54. The maximum Gasteiger partial charge on any atom is 0.350 e. The summed E-state index contributed by atoms with van der Waals surface area (Å²) in [6, 6.07) is 1.55. The molecule has 0 unspecified atom stereocenters. The van der Waals surface area contributed by atoms with E-state index in [1.165, 1.54) is 7.11 Å². The van der Waals surface area contributed by atoms with E-state index in [4.69, 9.17) is 11.0 Å². The van der Waals surface area contributed by atoms with Gasteiger partial charge in [-0.2, -0.15) is 5.26 Å². The van der Waals surface area contributed by atoms with Crippen LogP contribution in [0, 0.1) is 11.3 Å². The first kappa shape index (κ1) is 12.0. The van der Waals surface area contributed by atoms with Gasteiger partial charge in [0.2, 0.25) is 0 Å². The van der Waals surface area contributed by atoms with Gasteiger partial charge < -0.3 is 15.2 Å². The van der Waals surface area contributed by atoms with Crippen LogP contribution < -0.4 is 5.73 Å². The number of nitrogens with two attached hydrogens (primary N) is 1. The van der Waals surface area contributed by atoms with Crippen molar-refractivity contribution in [1.29, 1.82) is 5.26 Å². The number of esters is 2. The second-order valence-electron chi connectivity index (χ2n) is 2.26. The molecule has 0 spiro atoms. The molecule has 6 nitrogen and oxygen atoms in total. The lowest BCUT2D eigenvalue weighted by molar-refractivity contribution is -0.139. The number of rotatable bonds is 3. The van der Waals surface area contributed by atoms with Crippen molar-refractivity contribution in [1.82, 2.24) is 0 Å². The SMILES string of the molecule is COC(=O)CC(N)=C(C#N)C(=O)OC. The minimum absolute atomic E-state index is 0.161. The normalized spacial score (nSPS) is 10.9. The van der Waals surface area contributed by atoms with Crippen molar-refractivity contribution < 1.29 is 19.1 Å². The van der Waals surface area contributed by atoms with Crippen LogP contribution in [0.25, 0.3) is 0 Å². The fraction of sp³-hybridized carbons (Fsp3) is 0.375. The summed E-state index contributed by atoms with van der Waals surface area (Å²) < 4.78 is 8.60. The van der Waals surface area contributed by atoms with Crippen LogP contribution in [0.15, 0.2) is 11.3 Å². The van der Waals surface area contributed by atoms with Gasteiger partial charge in [0.25, 0.3) is 0 Å². The molecule has 0 aromatic carbocycles. The van der Waals surface area contributed by atoms with Gasteiger partial charge in [0, 0.05) is 5.70 Å². The molecule has 0 rings (SSSR count). The van der Waals surface area contributed by atoms with Gasteiger partial charge in [-0.15, -0.1) is 0 Å². The standard InChI is InChI=1S/C8H10N2O4/c1-13-7(11)3-6(10)5(4-9)8(12)14-2/h3,10H2,1-2H3. The van der Waals surface area contributed by atoms with Crippen molar-refractivity contribution in [3.63, 3.8) is 0 Å². The van der Waals surface area contributed by atoms with Crippen molar-refractivity contribution in [3.8, 4) is 6.07 Å². The molecule has 0 aromatic heterocycles. The summed E-state index contributed by atoms with van der Waals surface area (Å²) in [5.74, 6) is -1.49. The Morgan fingerprint density at radius 3 is 2.29 bits per heavy atom. The molecule has 0 aromatic rings. The molecule has 0 saturated carbocycles. The first-order valence-corrected chi connectivity index (χ1v) is 3.60. The highest BCUT2D eigenvalue weighted by molar-refractivity contribution is 5.94. The lowest BCUT2D eigenvalue weighted by Crippen LogP contribution is -2.15. The fourth-order valence-electron chi connectivity index (χ4n) is 0.667.